The van der Waals surface area contributed by atoms with Crippen LogP contribution in [-0.2, 0) is 0 Å². The first-order chi connectivity index (χ1) is 12.5. The second-order valence-electron chi connectivity index (χ2n) is 5.29. The van der Waals surface area contributed by atoms with Crippen LogP contribution < -0.4 is 19.5 Å². The van der Waals surface area contributed by atoms with Gasteiger partial charge in [0.05, 0.1) is 24.8 Å². The predicted molar refractivity (Wildman–Crippen MR) is 103 cm³/mol. The van der Waals surface area contributed by atoms with Crippen molar-refractivity contribution in [3.05, 3.63) is 51.5 Å². The van der Waals surface area contributed by atoms with E-state index in [1.165, 1.54) is 14.2 Å². The predicted octanol–water partition coefficient (Wildman–Crippen LogP) is 3.29. The highest BCUT2D eigenvalue weighted by Crippen LogP contribution is 2.36. The van der Waals surface area contributed by atoms with Gasteiger partial charge in [0.25, 0.3) is 5.91 Å². The normalized spacial score (nSPS) is 11.6. The average Bonchev–Trinajstić information content (AvgIpc) is 2.63. The highest BCUT2D eigenvalue weighted by Gasteiger charge is 2.16. The number of para-hydroxylation sites is 1. The SMILES string of the molecule is COc1cccc(OC)c1OCC(O)CNC(=O)c1ccc(Br)cc1Cl. The van der Waals surface area contributed by atoms with Gasteiger partial charge < -0.3 is 24.6 Å². The van der Waals surface area contributed by atoms with E-state index in [2.05, 4.69) is 21.2 Å². The fraction of sp³-hybridized carbons (Fsp3) is 0.278. The van der Waals surface area contributed by atoms with Crippen LogP contribution in [0.1, 0.15) is 10.4 Å². The molecule has 2 aromatic carbocycles. The van der Waals surface area contributed by atoms with E-state index in [9.17, 15) is 9.90 Å². The van der Waals surface area contributed by atoms with Gasteiger partial charge in [-0.3, -0.25) is 4.79 Å². The Labute approximate surface area is 165 Å². The molecule has 0 bridgehead atoms. The molecule has 2 aromatic rings. The fourth-order valence-electron chi connectivity index (χ4n) is 2.18. The zero-order valence-electron chi connectivity index (χ0n) is 14.3. The number of nitrogens with one attached hydrogen (secondary N) is 1. The molecule has 0 aliphatic rings. The number of rotatable bonds is 8. The number of carbonyl (C=O) groups excluding carboxylic acids is 1. The van der Waals surface area contributed by atoms with Gasteiger partial charge in [-0.15, -0.1) is 0 Å². The van der Waals surface area contributed by atoms with Gasteiger partial charge in [-0.05, 0) is 30.3 Å². The number of carbonyl (C=O) groups is 1. The zero-order valence-corrected chi connectivity index (χ0v) is 16.6. The quantitative estimate of drug-likeness (QED) is 0.653. The van der Waals surface area contributed by atoms with E-state index in [4.69, 9.17) is 25.8 Å². The summed E-state index contributed by atoms with van der Waals surface area (Å²) < 4.78 is 16.8. The van der Waals surface area contributed by atoms with Crippen LogP contribution >= 0.6 is 27.5 Å². The van der Waals surface area contributed by atoms with Crippen molar-refractivity contribution in [1.82, 2.24) is 5.32 Å². The number of hydrogen-bond acceptors (Lipinski definition) is 5. The van der Waals surface area contributed by atoms with E-state index in [1.807, 2.05) is 0 Å². The molecule has 2 rings (SSSR count). The van der Waals surface area contributed by atoms with Crippen LogP contribution in [0, 0.1) is 0 Å². The molecular weight excluding hydrogens is 426 g/mol. The summed E-state index contributed by atoms with van der Waals surface area (Å²) in [6.45, 7) is -0.0478. The van der Waals surface area contributed by atoms with Crippen LogP contribution in [0.2, 0.25) is 5.02 Å². The second-order valence-corrected chi connectivity index (χ2v) is 6.61. The topological polar surface area (TPSA) is 77.0 Å². The third-order valence-corrected chi connectivity index (χ3v) is 4.28. The van der Waals surface area contributed by atoms with Crippen LogP contribution in [-0.4, -0.2) is 44.5 Å². The minimum absolute atomic E-state index is 0.00267. The standard InChI is InChI=1S/C18H19BrClNO5/c1-24-15-4-3-5-16(25-2)17(15)26-10-12(22)9-21-18(23)13-7-6-11(19)8-14(13)20/h3-8,12,22H,9-10H2,1-2H3,(H,21,23). The second kappa shape index (κ2) is 9.66. The number of aliphatic hydroxyl groups excluding tert-OH is 1. The van der Waals surface area contributed by atoms with Crippen LogP contribution in [0.5, 0.6) is 17.2 Å². The first-order valence-electron chi connectivity index (χ1n) is 7.71. The summed E-state index contributed by atoms with van der Waals surface area (Å²) in [6, 6.07) is 10.2. The summed E-state index contributed by atoms with van der Waals surface area (Å²) >= 11 is 9.32. The van der Waals surface area contributed by atoms with Gasteiger partial charge in [0, 0.05) is 11.0 Å². The lowest BCUT2D eigenvalue weighted by Crippen LogP contribution is -2.35. The Morgan fingerprint density at radius 3 is 2.46 bits per heavy atom. The molecule has 0 aromatic heterocycles. The van der Waals surface area contributed by atoms with E-state index < -0.39 is 6.10 Å². The Kier molecular flexibility index (Phi) is 7.56. The van der Waals surface area contributed by atoms with Crippen LogP contribution in [0.25, 0.3) is 0 Å². The summed E-state index contributed by atoms with van der Waals surface area (Å²) in [7, 11) is 3.03. The molecule has 0 saturated carbocycles. The van der Waals surface area contributed by atoms with E-state index in [1.54, 1.807) is 36.4 Å². The Bertz CT molecular complexity index is 749. The average molecular weight is 445 g/mol. The van der Waals surface area contributed by atoms with Gasteiger partial charge in [-0.1, -0.05) is 33.6 Å². The van der Waals surface area contributed by atoms with Crippen molar-refractivity contribution >= 4 is 33.4 Å². The van der Waals surface area contributed by atoms with Crippen molar-refractivity contribution in [2.45, 2.75) is 6.10 Å². The van der Waals surface area contributed by atoms with Crippen molar-refractivity contribution in [3.8, 4) is 17.2 Å². The van der Waals surface area contributed by atoms with E-state index in [-0.39, 0.29) is 19.1 Å². The number of benzene rings is 2. The molecule has 1 atom stereocenters. The molecule has 0 radical (unpaired) electrons. The van der Waals surface area contributed by atoms with Crippen LogP contribution in [0.15, 0.2) is 40.9 Å². The third kappa shape index (κ3) is 5.27. The first kappa shape index (κ1) is 20.4. The highest BCUT2D eigenvalue weighted by atomic mass is 79.9. The molecule has 8 heteroatoms. The van der Waals surface area contributed by atoms with Crippen molar-refractivity contribution < 1.29 is 24.1 Å². The van der Waals surface area contributed by atoms with E-state index in [0.29, 0.717) is 27.8 Å². The zero-order chi connectivity index (χ0) is 19.1. The summed E-state index contributed by atoms with van der Waals surface area (Å²) in [5, 5.41) is 13.0. The van der Waals surface area contributed by atoms with E-state index >= 15 is 0 Å². The monoisotopic (exact) mass is 443 g/mol. The maximum atomic E-state index is 12.2. The largest absolute Gasteiger partial charge is 0.493 e. The molecule has 0 aliphatic heterocycles. The number of hydrogen-bond donors (Lipinski definition) is 2. The lowest BCUT2D eigenvalue weighted by atomic mass is 10.2. The molecule has 0 aliphatic carbocycles. The molecule has 1 unspecified atom stereocenters. The fourth-order valence-corrected chi connectivity index (χ4v) is 2.94. The molecule has 0 saturated heterocycles. The van der Waals surface area contributed by atoms with Gasteiger partial charge in [-0.25, -0.2) is 0 Å². The molecule has 0 fully saturated rings. The number of halogens is 2. The summed E-state index contributed by atoms with van der Waals surface area (Å²) in [5.74, 6) is 0.986. The molecular formula is C18H19BrClNO5. The lowest BCUT2D eigenvalue weighted by molar-refractivity contribution is 0.0834. The molecule has 0 spiro atoms. The van der Waals surface area contributed by atoms with Crippen molar-refractivity contribution in [2.24, 2.45) is 0 Å². The van der Waals surface area contributed by atoms with Crippen LogP contribution in [0.3, 0.4) is 0 Å². The van der Waals surface area contributed by atoms with Gasteiger partial charge in [-0.2, -0.15) is 0 Å². The maximum Gasteiger partial charge on any atom is 0.252 e. The lowest BCUT2D eigenvalue weighted by Gasteiger charge is -2.17. The van der Waals surface area contributed by atoms with Gasteiger partial charge >= 0.3 is 0 Å². The Morgan fingerprint density at radius 2 is 1.88 bits per heavy atom. The van der Waals surface area contributed by atoms with Crippen molar-refractivity contribution in [2.75, 3.05) is 27.4 Å². The van der Waals surface area contributed by atoms with Crippen molar-refractivity contribution in [3.63, 3.8) is 0 Å². The number of aliphatic hydroxyl groups is 1. The third-order valence-electron chi connectivity index (χ3n) is 3.48. The molecule has 26 heavy (non-hydrogen) atoms. The molecule has 1 amide bonds. The number of ether oxygens (including phenoxy) is 3. The molecule has 0 heterocycles. The summed E-state index contributed by atoms with van der Waals surface area (Å²) in [4.78, 5) is 12.2. The summed E-state index contributed by atoms with van der Waals surface area (Å²) in [6.07, 6.45) is -0.928. The number of methoxy groups -OCH3 is 2. The smallest absolute Gasteiger partial charge is 0.252 e. The first-order valence-corrected chi connectivity index (χ1v) is 8.88. The minimum Gasteiger partial charge on any atom is -0.493 e. The van der Waals surface area contributed by atoms with Gasteiger partial charge in [0.1, 0.15) is 12.7 Å². The van der Waals surface area contributed by atoms with Gasteiger partial charge in [0.15, 0.2) is 11.5 Å². The minimum atomic E-state index is -0.928. The molecule has 2 N–H and O–H groups in total. The Morgan fingerprint density at radius 1 is 1.23 bits per heavy atom. The molecule has 6 nitrogen and oxygen atoms in total. The highest BCUT2D eigenvalue weighted by molar-refractivity contribution is 9.10. The summed E-state index contributed by atoms with van der Waals surface area (Å²) in [5.41, 5.74) is 0.328. The Balaban J connectivity index is 1.91. The Hall–Kier alpha value is -1.96. The van der Waals surface area contributed by atoms with E-state index in [0.717, 1.165) is 4.47 Å². The van der Waals surface area contributed by atoms with Crippen LogP contribution in [0.4, 0.5) is 0 Å². The molecule has 140 valence electrons. The van der Waals surface area contributed by atoms with Crippen molar-refractivity contribution in [1.29, 1.82) is 0 Å². The maximum absolute atomic E-state index is 12.2. The van der Waals surface area contributed by atoms with Gasteiger partial charge in [0.2, 0.25) is 5.75 Å². The number of amides is 1.